The van der Waals surface area contributed by atoms with Gasteiger partial charge in [0, 0.05) is 29.4 Å². The second kappa shape index (κ2) is 8.97. The molecule has 8 nitrogen and oxygen atoms in total. The molecule has 30 heavy (non-hydrogen) atoms. The second-order valence-electron chi connectivity index (χ2n) is 6.68. The van der Waals surface area contributed by atoms with E-state index in [1.807, 2.05) is 23.6 Å². The number of rotatable bonds is 7. The minimum Gasteiger partial charge on any atom is -0.465 e. The molecule has 0 unspecified atom stereocenters. The number of thioether (sulfide) groups is 1. The average molecular weight is 444 g/mol. The lowest BCUT2D eigenvalue weighted by Crippen LogP contribution is -2.16. The van der Waals surface area contributed by atoms with Crippen LogP contribution < -0.4 is 5.32 Å². The van der Waals surface area contributed by atoms with Gasteiger partial charge in [-0.1, -0.05) is 11.8 Å². The molecule has 1 aliphatic rings. The van der Waals surface area contributed by atoms with E-state index in [-0.39, 0.29) is 11.7 Å². The number of amides is 1. The van der Waals surface area contributed by atoms with Crippen LogP contribution >= 0.6 is 23.1 Å². The number of aromatic nitrogens is 4. The number of carbonyl (C=O) groups is 2. The fraction of sp³-hybridized carbons (Fsp3) is 0.350. The predicted molar refractivity (Wildman–Crippen MR) is 116 cm³/mol. The molecule has 0 radical (unpaired) electrons. The molecule has 3 aromatic rings. The number of esters is 1. The molecular formula is C20H21N5O3S2. The summed E-state index contributed by atoms with van der Waals surface area (Å²) in [5, 5.41) is 12.7. The maximum absolute atomic E-state index is 12.6. The minimum absolute atomic E-state index is 0.164. The minimum atomic E-state index is -0.398. The summed E-state index contributed by atoms with van der Waals surface area (Å²) < 4.78 is 6.90. The molecule has 0 aromatic carbocycles. The summed E-state index contributed by atoms with van der Waals surface area (Å²) >= 11 is 2.79. The first-order valence-electron chi connectivity index (χ1n) is 9.61. The Morgan fingerprint density at radius 2 is 2.07 bits per heavy atom. The van der Waals surface area contributed by atoms with E-state index in [0.717, 1.165) is 41.1 Å². The lowest BCUT2D eigenvalue weighted by atomic mass is 10.1. The highest BCUT2D eigenvalue weighted by Gasteiger charge is 2.28. The second-order valence-corrected chi connectivity index (χ2v) is 8.72. The fourth-order valence-corrected chi connectivity index (χ4v) is 5.59. The zero-order valence-corrected chi connectivity index (χ0v) is 18.3. The van der Waals surface area contributed by atoms with Gasteiger partial charge < -0.3 is 14.6 Å². The number of thiophene rings is 1. The van der Waals surface area contributed by atoms with Gasteiger partial charge >= 0.3 is 5.97 Å². The van der Waals surface area contributed by atoms with E-state index in [4.69, 9.17) is 4.74 Å². The van der Waals surface area contributed by atoms with Crippen LogP contribution in [0.15, 0.2) is 29.7 Å². The van der Waals surface area contributed by atoms with Crippen LogP contribution in [0.3, 0.4) is 0 Å². The third-order valence-corrected chi connectivity index (χ3v) is 7.04. The number of anilines is 1. The number of hydrogen-bond acceptors (Lipinski definition) is 8. The zero-order valence-electron chi connectivity index (χ0n) is 16.7. The summed E-state index contributed by atoms with van der Waals surface area (Å²) in [6.45, 7) is 2.69. The van der Waals surface area contributed by atoms with E-state index >= 15 is 0 Å². The number of nitrogens with one attached hydrogen (secondary N) is 1. The summed E-state index contributed by atoms with van der Waals surface area (Å²) in [5.41, 5.74) is 2.44. The van der Waals surface area contributed by atoms with Gasteiger partial charge in [0.2, 0.25) is 5.91 Å². The maximum atomic E-state index is 12.6. The molecule has 0 saturated carbocycles. The maximum Gasteiger partial charge on any atom is 0.341 e. The molecule has 0 atom stereocenters. The highest BCUT2D eigenvalue weighted by atomic mass is 32.2. The molecule has 10 heteroatoms. The van der Waals surface area contributed by atoms with Crippen LogP contribution in [0.2, 0.25) is 0 Å². The molecule has 0 bridgehead atoms. The van der Waals surface area contributed by atoms with Gasteiger partial charge in [-0.2, -0.15) is 0 Å². The fourth-order valence-electron chi connectivity index (χ4n) is 3.50. The number of pyridine rings is 1. The highest BCUT2D eigenvalue weighted by Crippen LogP contribution is 2.39. The number of hydrogen-bond donors (Lipinski definition) is 1. The quantitative estimate of drug-likeness (QED) is 0.441. The monoisotopic (exact) mass is 443 g/mol. The molecule has 0 fully saturated rings. The van der Waals surface area contributed by atoms with E-state index in [1.54, 1.807) is 12.4 Å². The summed E-state index contributed by atoms with van der Waals surface area (Å²) in [6.07, 6.45) is 6.23. The van der Waals surface area contributed by atoms with Crippen LogP contribution in [0.25, 0.3) is 11.4 Å². The van der Waals surface area contributed by atoms with Crippen molar-refractivity contribution in [2.45, 2.75) is 37.9 Å². The highest BCUT2D eigenvalue weighted by molar-refractivity contribution is 7.99. The molecule has 3 heterocycles. The van der Waals surface area contributed by atoms with Crippen LogP contribution in [0.1, 0.15) is 34.1 Å². The van der Waals surface area contributed by atoms with E-state index < -0.39 is 5.97 Å². The van der Waals surface area contributed by atoms with Crippen molar-refractivity contribution in [1.82, 2.24) is 19.7 Å². The Hall–Kier alpha value is -2.72. The van der Waals surface area contributed by atoms with Gasteiger partial charge in [-0.05, 0) is 43.9 Å². The Morgan fingerprint density at radius 3 is 2.80 bits per heavy atom. The molecular weight excluding hydrogens is 422 g/mol. The van der Waals surface area contributed by atoms with Crippen molar-refractivity contribution in [3.8, 4) is 11.4 Å². The summed E-state index contributed by atoms with van der Waals surface area (Å²) in [7, 11) is 1.36. The molecule has 3 aromatic heterocycles. The van der Waals surface area contributed by atoms with Crippen molar-refractivity contribution in [1.29, 1.82) is 0 Å². The van der Waals surface area contributed by atoms with E-state index in [1.165, 1.54) is 30.2 Å². The first kappa shape index (κ1) is 20.5. The molecule has 1 N–H and O–H groups in total. The standard InChI is InChI=1S/C20H21N5O3S2/c1-3-25-17(12-7-9-21-10-8-12)23-24-20(25)29-11-15(26)22-18-16(19(27)28-2)13-5-4-6-14(13)30-18/h7-10H,3-6,11H2,1-2H3,(H,22,26). The lowest BCUT2D eigenvalue weighted by molar-refractivity contribution is -0.113. The Kier molecular flexibility index (Phi) is 6.14. The van der Waals surface area contributed by atoms with Crippen molar-refractivity contribution in [2.24, 2.45) is 0 Å². The molecule has 1 aliphatic carbocycles. The Morgan fingerprint density at radius 1 is 1.27 bits per heavy atom. The first-order valence-corrected chi connectivity index (χ1v) is 11.4. The van der Waals surface area contributed by atoms with Crippen LogP contribution in [0, 0.1) is 0 Å². The van der Waals surface area contributed by atoms with Gasteiger partial charge in [0.25, 0.3) is 0 Å². The number of ether oxygens (including phenoxy) is 1. The van der Waals surface area contributed by atoms with Gasteiger partial charge in [0.05, 0.1) is 18.4 Å². The topological polar surface area (TPSA) is 99.0 Å². The zero-order chi connectivity index (χ0) is 21.1. The Balaban J connectivity index is 1.47. The van der Waals surface area contributed by atoms with Crippen LogP contribution in [0.4, 0.5) is 5.00 Å². The summed E-state index contributed by atoms with van der Waals surface area (Å²) in [6, 6.07) is 3.75. The summed E-state index contributed by atoms with van der Waals surface area (Å²) in [4.78, 5) is 30.0. The van der Waals surface area contributed by atoms with E-state index in [0.29, 0.717) is 22.3 Å². The molecule has 0 spiro atoms. The molecule has 4 rings (SSSR count). The van der Waals surface area contributed by atoms with Crippen LogP contribution in [-0.2, 0) is 28.9 Å². The number of methoxy groups -OCH3 is 1. The van der Waals surface area contributed by atoms with Crippen molar-refractivity contribution in [3.63, 3.8) is 0 Å². The molecule has 1 amide bonds. The van der Waals surface area contributed by atoms with Gasteiger partial charge in [0.1, 0.15) is 5.00 Å². The summed E-state index contributed by atoms with van der Waals surface area (Å²) in [5.74, 6) is 0.314. The van der Waals surface area contributed by atoms with Gasteiger partial charge in [-0.15, -0.1) is 21.5 Å². The largest absolute Gasteiger partial charge is 0.465 e. The van der Waals surface area contributed by atoms with Gasteiger partial charge in [-0.3, -0.25) is 9.78 Å². The predicted octanol–water partition coefficient (Wildman–Crippen LogP) is 3.43. The average Bonchev–Trinajstić information content (AvgIpc) is 3.46. The normalized spacial score (nSPS) is 12.6. The van der Waals surface area contributed by atoms with Crippen molar-refractivity contribution in [2.75, 3.05) is 18.2 Å². The van der Waals surface area contributed by atoms with E-state index in [9.17, 15) is 9.59 Å². The smallest absolute Gasteiger partial charge is 0.341 e. The van der Waals surface area contributed by atoms with Crippen molar-refractivity contribution in [3.05, 3.63) is 40.5 Å². The van der Waals surface area contributed by atoms with Gasteiger partial charge in [0.15, 0.2) is 11.0 Å². The Labute approximate surface area is 182 Å². The third-order valence-electron chi connectivity index (χ3n) is 4.87. The number of nitrogens with zero attached hydrogens (tertiary/aromatic N) is 4. The third kappa shape index (κ3) is 3.97. The van der Waals surface area contributed by atoms with Crippen molar-refractivity contribution >= 4 is 40.0 Å². The molecule has 0 aliphatic heterocycles. The SMILES string of the molecule is CCn1c(SCC(=O)Nc2sc3c(c2C(=O)OC)CCC3)nnc1-c1ccncc1. The number of aryl methyl sites for hydroxylation is 1. The van der Waals surface area contributed by atoms with Gasteiger partial charge in [-0.25, -0.2) is 4.79 Å². The van der Waals surface area contributed by atoms with Crippen LogP contribution in [0.5, 0.6) is 0 Å². The van der Waals surface area contributed by atoms with Crippen LogP contribution in [-0.4, -0.2) is 44.5 Å². The molecule has 0 saturated heterocycles. The van der Waals surface area contributed by atoms with Crippen molar-refractivity contribution < 1.29 is 14.3 Å². The lowest BCUT2D eigenvalue weighted by Gasteiger charge is -2.08. The number of carbonyl (C=O) groups excluding carboxylic acids is 2. The number of fused-ring (bicyclic) bond motifs is 1. The molecule has 156 valence electrons. The Bertz CT molecular complexity index is 1080. The van der Waals surface area contributed by atoms with E-state index in [2.05, 4.69) is 20.5 Å². The first-order chi connectivity index (χ1) is 14.6.